The Morgan fingerprint density at radius 1 is 1.13 bits per heavy atom. The molecule has 0 atom stereocenters. The summed E-state index contributed by atoms with van der Waals surface area (Å²) in [6, 6.07) is 4.89. The molecule has 0 aromatic heterocycles. The van der Waals surface area contributed by atoms with Crippen LogP contribution in [0.1, 0.15) is 32.3 Å². The fourth-order valence-electron chi connectivity index (χ4n) is 3.69. The molecule has 1 aliphatic heterocycles. The van der Waals surface area contributed by atoms with Crippen molar-refractivity contribution in [3.8, 4) is 0 Å². The SMILES string of the molecule is CCN(CC)C(=O)C1CCN(CC(=O)Nc2ccc(C)c(S(=O)(=O)N(C)C)c2)CC1. The van der Waals surface area contributed by atoms with E-state index in [1.165, 1.54) is 20.2 Å². The molecule has 8 nitrogen and oxygen atoms in total. The van der Waals surface area contributed by atoms with Gasteiger partial charge in [-0.25, -0.2) is 12.7 Å². The molecule has 168 valence electrons. The van der Waals surface area contributed by atoms with E-state index in [1.54, 1.807) is 19.1 Å². The monoisotopic (exact) mass is 438 g/mol. The number of amides is 2. The van der Waals surface area contributed by atoms with Crippen molar-refractivity contribution < 1.29 is 18.0 Å². The molecule has 1 fully saturated rings. The zero-order chi connectivity index (χ0) is 22.5. The quantitative estimate of drug-likeness (QED) is 0.668. The number of nitrogens with zero attached hydrogens (tertiary/aromatic N) is 3. The van der Waals surface area contributed by atoms with E-state index in [1.807, 2.05) is 23.6 Å². The van der Waals surface area contributed by atoms with Crippen LogP contribution in [0.5, 0.6) is 0 Å². The van der Waals surface area contributed by atoms with E-state index in [2.05, 4.69) is 5.32 Å². The molecular formula is C21H34N4O4S. The van der Waals surface area contributed by atoms with Gasteiger partial charge in [0, 0.05) is 38.8 Å². The van der Waals surface area contributed by atoms with Gasteiger partial charge in [-0.1, -0.05) is 6.07 Å². The number of hydrogen-bond donors (Lipinski definition) is 1. The molecule has 30 heavy (non-hydrogen) atoms. The van der Waals surface area contributed by atoms with Crippen LogP contribution >= 0.6 is 0 Å². The standard InChI is InChI=1S/C21H34N4O4S/c1-6-25(7-2)21(27)17-10-12-24(13-11-17)15-20(26)22-18-9-8-16(3)19(14-18)30(28,29)23(4)5/h8-9,14,17H,6-7,10-13,15H2,1-5H3,(H,22,26). The Hall–Kier alpha value is -1.97. The molecule has 1 aromatic rings. The first-order valence-electron chi connectivity index (χ1n) is 10.4. The summed E-state index contributed by atoms with van der Waals surface area (Å²) in [5.41, 5.74) is 1.08. The lowest BCUT2D eigenvalue weighted by Crippen LogP contribution is -2.44. The second kappa shape index (κ2) is 10.4. The highest BCUT2D eigenvalue weighted by molar-refractivity contribution is 7.89. The zero-order valence-electron chi connectivity index (χ0n) is 18.6. The van der Waals surface area contributed by atoms with Crippen LogP contribution in [0.4, 0.5) is 5.69 Å². The van der Waals surface area contributed by atoms with Crippen molar-refractivity contribution in [2.45, 2.75) is 38.5 Å². The molecular weight excluding hydrogens is 404 g/mol. The lowest BCUT2D eigenvalue weighted by Gasteiger charge is -2.33. The molecule has 2 amide bonds. The molecule has 1 N–H and O–H groups in total. The largest absolute Gasteiger partial charge is 0.343 e. The third-order valence-corrected chi connectivity index (χ3v) is 7.57. The van der Waals surface area contributed by atoms with Crippen molar-refractivity contribution in [2.24, 2.45) is 5.92 Å². The molecule has 1 saturated heterocycles. The van der Waals surface area contributed by atoms with Crippen LogP contribution in [0, 0.1) is 12.8 Å². The minimum absolute atomic E-state index is 0.0279. The first-order valence-corrected chi connectivity index (χ1v) is 11.9. The summed E-state index contributed by atoms with van der Waals surface area (Å²) in [6.45, 7) is 8.75. The number of aryl methyl sites for hydroxylation is 1. The number of sulfonamides is 1. The number of anilines is 1. The number of nitrogens with one attached hydrogen (secondary N) is 1. The number of piperidine rings is 1. The molecule has 1 aromatic carbocycles. The van der Waals surface area contributed by atoms with Gasteiger partial charge >= 0.3 is 0 Å². The Balaban J connectivity index is 1.94. The number of carbonyl (C=O) groups is 2. The summed E-state index contributed by atoms with van der Waals surface area (Å²) in [4.78, 5) is 29.1. The van der Waals surface area contributed by atoms with E-state index in [0.717, 1.165) is 30.2 Å². The summed E-state index contributed by atoms with van der Waals surface area (Å²) in [5.74, 6) is 0.0408. The second-order valence-electron chi connectivity index (χ2n) is 7.88. The van der Waals surface area contributed by atoms with Crippen LogP contribution in [0.3, 0.4) is 0 Å². The first-order chi connectivity index (χ1) is 14.1. The molecule has 0 radical (unpaired) electrons. The van der Waals surface area contributed by atoms with Crippen LogP contribution in [-0.2, 0) is 19.6 Å². The van der Waals surface area contributed by atoms with Gasteiger partial charge in [-0.3, -0.25) is 14.5 Å². The van der Waals surface area contributed by atoms with E-state index < -0.39 is 10.0 Å². The second-order valence-corrected chi connectivity index (χ2v) is 10.00. The van der Waals surface area contributed by atoms with Gasteiger partial charge in [0.25, 0.3) is 0 Å². The van der Waals surface area contributed by atoms with Crippen molar-refractivity contribution in [2.75, 3.05) is 52.1 Å². The van der Waals surface area contributed by atoms with Gasteiger partial charge in [0.1, 0.15) is 0 Å². The lowest BCUT2D eigenvalue weighted by molar-refractivity contribution is -0.136. The average Bonchev–Trinajstić information content (AvgIpc) is 2.70. The summed E-state index contributed by atoms with van der Waals surface area (Å²) in [7, 11) is -0.622. The summed E-state index contributed by atoms with van der Waals surface area (Å²) in [6.07, 6.45) is 1.50. The topological polar surface area (TPSA) is 90.0 Å². The molecule has 0 unspecified atom stereocenters. The van der Waals surface area contributed by atoms with Gasteiger partial charge in [0.05, 0.1) is 11.4 Å². The Morgan fingerprint density at radius 3 is 2.27 bits per heavy atom. The van der Waals surface area contributed by atoms with Gasteiger partial charge in [-0.15, -0.1) is 0 Å². The highest BCUT2D eigenvalue weighted by atomic mass is 32.2. The van der Waals surface area contributed by atoms with E-state index >= 15 is 0 Å². The van der Waals surface area contributed by atoms with E-state index in [4.69, 9.17) is 0 Å². The number of carbonyl (C=O) groups excluding carboxylic acids is 2. The van der Waals surface area contributed by atoms with Crippen LogP contribution in [-0.4, -0.2) is 81.2 Å². The zero-order valence-corrected chi connectivity index (χ0v) is 19.5. The van der Waals surface area contributed by atoms with Crippen LogP contribution in [0.2, 0.25) is 0 Å². The maximum atomic E-state index is 12.5. The van der Waals surface area contributed by atoms with Gasteiger partial charge in [0.2, 0.25) is 21.8 Å². The fraction of sp³-hybridized carbons (Fsp3) is 0.619. The van der Waals surface area contributed by atoms with Crippen LogP contribution in [0.15, 0.2) is 23.1 Å². The van der Waals surface area contributed by atoms with E-state index in [0.29, 0.717) is 24.3 Å². The summed E-state index contributed by atoms with van der Waals surface area (Å²) in [5, 5.41) is 2.80. The third kappa shape index (κ3) is 5.80. The third-order valence-electron chi connectivity index (χ3n) is 5.61. The van der Waals surface area contributed by atoms with Crippen molar-refractivity contribution in [1.82, 2.24) is 14.1 Å². The van der Waals surface area contributed by atoms with Crippen LogP contribution < -0.4 is 5.32 Å². The van der Waals surface area contributed by atoms with Crippen molar-refractivity contribution in [3.63, 3.8) is 0 Å². The fourth-order valence-corrected chi connectivity index (χ4v) is 4.83. The Labute approximate surface area is 180 Å². The van der Waals surface area contributed by atoms with E-state index in [-0.39, 0.29) is 29.2 Å². The Bertz CT molecular complexity index is 858. The maximum absolute atomic E-state index is 12.5. The number of hydrogen-bond acceptors (Lipinski definition) is 5. The molecule has 9 heteroatoms. The van der Waals surface area contributed by atoms with Gasteiger partial charge < -0.3 is 10.2 Å². The highest BCUT2D eigenvalue weighted by Crippen LogP contribution is 2.23. The normalized spacial score (nSPS) is 15.9. The lowest BCUT2D eigenvalue weighted by atomic mass is 9.95. The van der Waals surface area contributed by atoms with E-state index in [9.17, 15) is 18.0 Å². The molecule has 1 aliphatic rings. The highest BCUT2D eigenvalue weighted by Gasteiger charge is 2.28. The van der Waals surface area contributed by atoms with Crippen molar-refractivity contribution >= 4 is 27.5 Å². The average molecular weight is 439 g/mol. The molecule has 0 aliphatic carbocycles. The Kier molecular flexibility index (Phi) is 8.40. The molecule has 1 heterocycles. The predicted molar refractivity (Wildman–Crippen MR) is 118 cm³/mol. The number of benzene rings is 1. The van der Waals surface area contributed by atoms with Crippen molar-refractivity contribution in [1.29, 1.82) is 0 Å². The number of likely N-dealkylation sites (tertiary alicyclic amines) is 1. The summed E-state index contributed by atoms with van der Waals surface area (Å²) < 4.78 is 26.1. The Morgan fingerprint density at radius 2 is 1.73 bits per heavy atom. The van der Waals surface area contributed by atoms with Crippen LogP contribution in [0.25, 0.3) is 0 Å². The smallest absolute Gasteiger partial charge is 0.242 e. The molecule has 2 rings (SSSR count). The predicted octanol–water partition coefficient (Wildman–Crippen LogP) is 1.76. The number of rotatable bonds is 8. The van der Waals surface area contributed by atoms with Gasteiger partial charge in [0.15, 0.2) is 0 Å². The van der Waals surface area contributed by atoms with Gasteiger partial charge in [-0.05, 0) is 64.4 Å². The molecule has 0 bridgehead atoms. The van der Waals surface area contributed by atoms with Gasteiger partial charge in [-0.2, -0.15) is 0 Å². The molecule has 0 spiro atoms. The summed E-state index contributed by atoms with van der Waals surface area (Å²) >= 11 is 0. The minimum atomic E-state index is -3.58. The molecule has 0 saturated carbocycles. The minimum Gasteiger partial charge on any atom is -0.343 e. The van der Waals surface area contributed by atoms with Crippen molar-refractivity contribution in [3.05, 3.63) is 23.8 Å². The maximum Gasteiger partial charge on any atom is 0.242 e. The first kappa shape index (κ1) is 24.3.